The lowest BCUT2D eigenvalue weighted by atomic mass is 10.2. The highest BCUT2D eigenvalue weighted by molar-refractivity contribution is 5.90. The van der Waals surface area contributed by atoms with Gasteiger partial charge in [-0.15, -0.1) is 6.42 Å². The zero-order valence-electron chi connectivity index (χ0n) is 6.62. The van der Waals surface area contributed by atoms with Gasteiger partial charge >= 0.3 is 0 Å². The van der Waals surface area contributed by atoms with Crippen LogP contribution in [0.15, 0.2) is 0 Å². The van der Waals surface area contributed by atoms with E-state index in [2.05, 4.69) is 5.92 Å². The lowest BCUT2D eigenvalue weighted by Crippen LogP contribution is -2.42. The molecule has 2 amide bonds. The summed E-state index contributed by atoms with van der Waals surface area (Å²) in [6.07, 6.45) is 5.90. The number of hydrogen-bond donors (Lipinski definition) is 1. The zero-order chi connectivity index (χ0) is 9.14. The topological polar surface area (TPSA) is 63.4 Å². The molecule has 0 aromatic carbocycles. The first kappa shape index (κ1) is 8.60. The molecule has 1 saturated heterocycles. The number of likely N-dealkylation sites (tertiary alicyclic amines) is 1. The molecule has 1 fully saturated rings. The molecule has 1 atom stereocenters. The Morgan fingerprint density at radius 2 is 2.50 bits per heavy atom. The molecule has 1 aliphatic rings. The summed E-state index contributed by atoms with van der Waals surface area (Å²) in [5, 5.41) is 0. The first-order valence-corrected chi connectivity index (χ1v) is 3.69. The normalized spacial score (nSPS) is 22.4. The van der Waals surface area contributed by atoms with Crippen molar-refractivity contribution in [2.24, 2.45) is 5.73 Å². The van der Waals surface area contributed by atoms with Gasteiger partial charge < -0.3 is 10.6 Å². The minimum absolute atomic E-state index is 0.0863. The molecule has 1 heterocycles. The average Bonchev–Trinajstić information content (AvgIpc) is 2.34. The van der Waals surface area contributed by atoms with Gasteiger partial charge in [0.1, 0.15) is 6.04 Å². The number of rotatable bonds is 2. The minimum Gasteiger partial charge on any atom is -0.368 e. The molecule has 0 bridgehead atoms. The Morgan fingerprint density at radius 3 is 3.00 bits per heavy atom. The highest BCUT2D eigenvalue weighted by Gasteiger charge is 2.33. The summed E-state index contributed by atoms with van der Waals surface area (Å²) in [6, 6.07) is -0.492. The minimum atomic E-state index is -0.492. The highest BCUT2D eigenvalue weighted by atomic mass is 16.2. The maximum Gasteiger partial charge on any atom is 0.240 e. The van der Waals surface area contributed by atoms with Gasteiger partial charge in [-0.1, -0.05) is 5.92 Å². The van der Waals surface area contributed by atoms with Gasteiger partial charge in [-0.25, -0.2) is 0 Å². The van der Waals surface area contributed by atoms with Crippen LogP contribution >= 0.6 is 0 Å². The molecule has 1 rings (SSSR count). The predicted molar refractivity (Wildman–Crippen MR) is 42.8 cm³/mol. The van der Waals surface area contributed by atoms with E-state index in [1.54, 1.807) is 0 Å². The number of nitrogens with zero attached hydrogens (tertiary/aromatic N) is 1. The smallest absolute Gasteiger partial charge is 0.240 e. The largest absolute Gasteiger partial charge is 0.368 e. The number of nitrogens with two attached hydrogens (primary N) is 1. The van der Waals surface area contributed by atoms with Crippen LogP contribution in [-0.4, -0.2) is 29.3 Å². The Morgan fingerprint density at radius 1 is 1.83 bits per heavy atom. The van der Waals surface area contributed by atoms with Crippen LogP contribution in [-0.2, 0) is 9.59 Å². The van der Waals surface area contributed by atoms with Crippen LogP contribution in [0.4, 0.5) is 0 Å². The Labute approximate surface area is 70.7 Å². The number of terminal acetylenes is 1. The molecule has 0 aliphatic carbocycles. The lowest BCUT2D eigenvalue weighted by molar-refractivity contribution is -0.133. The first-order valence-electron chi connectivity index (χ1n) is 3.69. The molecule has 0 aromatic rings. The summed E-state index contributed by atoms with van der Waals surface area (Å²) in [5.41, 5.74) is 5.08. The highest BCUT2D eigenvalue weighted by Crippen LogP contribution is 2.17. The van der Waals surface area contributed by atoms with Gasteiger partial charge in [0.25, 0.3) is 0 Å². The van der Waals surface area contributed by atoms with Crippen LogP contribution in [0, 0.1) is 12.3 Å². The van der Waals surface area contributed by atoms with E-state index in [1.807, 2.05) is 0 Å². The maximum absolute atomic E-state index is 11.1. The zero-order valence-corrected chi connectivity index (χ0v) is 6.62. The van der Waals surface area contributed by atoms with Crippen LogP contribution in [0.5, 0.6) is 0 Å². The molecule has 64 valence electrons. The van der Waals surface area contributed by atoms with E-state index in [-0.39, 0.29) is 12.5 Å². The second-order valence-corrected chi connectivity index (χ2v) is 2.68. The molecule has 12 heavy (non-hydrogen) atoms. The van der Waals surface area contributed by atoms with E-state index in [0.717, 1.165) is 0 Å². The molecule has 1 unspecified atom stereocenters. The second kappa shape index (κ2) is 3.26. The van der Waals surface area contributed by atoms with Crippen molar-refractivity contribution in [2.75, 3.05) is 6.54 Å². The molecular formula is C8H10N2O2. The van der Waals surface area contributed by atoms with Crippen molar-refractivity contribution in [3.8, 4) is 12.3 Å². The summed E-state index contributed by atoms with van der Waals surface area (Å²) in [7, 11) is 0. The van der Waals surface area contributed by atoms with E-state index in [0.29, 0.717) is 12.8 Å². The first-order chi connectivity index (χ1) is 5.66. The average molecular weight is 166 g/mol. The van der Waals surface area contributed by atoms with Gasteiger partial charge in [0.05, 0.1) is 6.54 Å². The van der Waals surface area contributed by atoms with Crippen molar-refractivity contribution in [2.45, 2.75) is 18.9 Å². The fourth-order valence-corrected chi connectivity index (χ4v) is 1.33. The lowest BCUT2D eigenvalue weighted by Gasteiger charge is -2.18. The third-order valence-corrected chi connectivity index (χ3v) is 1.92. The predicted octanol–water partition coefficient (Wildman–Crippen LogP) is -0.904. The Kier molecular flexibility index (Phi) is 2.34. The van der Waals surface area contributed by atoms with Gasteiger partial charge in [-0.3, -0.25) is 9.59 Å². The van der Waals surface area contributed by atoms with Gasteiger partial charge in [0.15, 0.2) is 0 Å². The van der Waals surface area contributed by atoms with Crippen molar-refractivity contribution in [1.29, 1.82) is 0 Å². The fraction of sp³-hybridized carbons (Fsp3) is 0.500. The van der Waals surface area contributed by atoms with Crippen LogP contribution in [0.1, 0.15) is 12.8 Å². The molecule has 0 saturated carbocycles. The molecule has 4 heteroatoms. The van der Waals surface area contributed by atoms with E-state index in [1.165, 1.54) is 4.90 Å². The van der Waals surface area contributed by atoms with Crippen LogP contribution < -0.4 is 5.73 Å². The third kappa shape index (κ3) is 1.40. The number of primary amides is 1. The molecule has 1 aliphatic heterocycles. The van der Waals surface area contributed by atoms with Crippen molar-refractivity contribution < 1.29 is 9.59 Å². The summed E-state index contributed by atoms with van der Waals surface area (Å²) in [6.45, 7) is 0.173. The number of amides is 2. The van der Waals surface area contributed by atoms with E-state index in [4.69, 9.17) is 12.2 Å². The van der Waals surface area contributed by atoms with E-state index in [9.17, 15) is 9.59 Å². The molecule has 0 spiro atoms. The van der Waals surface area contributed by atoms with Crippen molar-refractivity contribution in [3.63, 3.8) is 0 Å². The quantitative estimate of drug-likeness (QED) is 0.540. The summed E-state index contributed by atoms with van der Waals surface area (Å²) in [5.74, 6) is 1.76. The number of hydrogen-bond acceptors (Lipinski definition) is 2. The van der Waals surface area contributed by atoms with E-state index < -0.39 is 11.9 Å². The fourth-order valence-electron chi connectivity index (χ4n) is 1.33. The van der Waals surface area contributed by atoms with Crippen molar-refractivity contribution in [3.05, 3.63) is 0 Å². The van der Waals surface area contributed by atoms with Gasteiger partial charge in [0.2, 0.25) is 11.8 Å². The maximum atomic E-state index is 11.1. The second-order valence-electron chi connectivity index (χ2n) is 2.68. The number of carbonyl (C=O) groups excluding carboxylic acids is 2. The monoisotopic (exact) mass is 166 g/mol. The summed E-state index contributed by atoms with van der Waals surface area (Å²) >= 11 is 0. The number of carbonyl (C=O) groups is 2. The van der Waals surface area contributed by atoms with Crippen LogP contribution in [0.2, 0.25) is 0 Å². The Bertz CT molecular complexity index is 254. The van der Waals surface area contributed by atoms with Gasteiger partial charge in [0, 0.05) is 6.42 Å². The molecule has 2 N–H and O–H groups in total. The van der Waals surface area contributed by atoms with E-state index >= 15 is 0 Å². The van der Waals surface area contributed by atoms with Crippen molar-refractivity contribution >= 4 is 11.8 Å². The van der Waals surface area contributed by atoms with Crippen molar-refractivity contribution in [1.82, 2.24) is 4.90 Å². The van der Waals surface area contributed by atoms with Gasteiger partial charge in [-0.2, -0.15) is 0 Å². The Hall–Kier alpha value is -1.50. The SMILES string of the molecule is C#CCN1C(=O)CCC1C(N)=O. The summed E-state index contributed by atoms with van der Waals surface area (Å²) < 4.78 is 0. The Balaban J connectivity index is 2.71. The summed E-state index contributed by atoms with van der Waals surface area (Å²) in [4.78, 5) is 23.2. The van der Waals surface area contributed by atoms with Crippen LogP contribution in [0.3, 0.4) is 0 Å². The molecule has 0 aromatic heterocycles. The van der Waals surface area contributed by atoms with Crippen LogP contribution in [0.25, 0.3) is 0 Å². The third-order valence-electron chi connectivity index (χ3n) is 1.92. The van der Waals surface area contributed by atoms with Gasteiger partial charge in [-0.05, 0) is 6.42 Å². The molecule has 4 nitrogen and oxygen atoms in total. The standard InChI is InChI=1S/C8H10N2O2/c1-2-5-10-6(8(9)12)3-4-7(10)11/h1,6H,3-5H2,(H2,9,12). The molecule has 0 radical (unpaired) electrons. The molecular weight excluding hydrogens is 156 g/mol.